The number of amides is 4. The molecular weight excluding hydrogens is 490 g/mol. The van der Waals surface area contributed by atoms with Gasteiger partial charge in [-0.25, -0.2) is 9.69 Å². The number of benzene rings is 4. The fourth-order valence-corrected chi connectivity index (χ4v) is 4.06. The monoisotopic (exact) mass is 509 g/mol. The molecule has 10 heteroatoms. The maximum atomic E-state index is 13.4. The number of non-ortho nitro benzene ring substituents is 1. The number of imide groups is 2. The highest BCUT2D eigenvalue weighted by molar-refractivity contribution is 6.39. The molecule has 0 aliphatic carbocycles. The highest BCUT2D eigenvalue weighted by Gasteiger charge is 2.37. The molecule has 4 aromatic rings. The first-order valence-corrected chi connectivity index (χ1v) is 11.4. The van der Waals surface area contributed by atoms with E-state index in [-0.39, 0.29) is 29.3 Å². The number of phenolic OH excluding ortho intramolecular Hbond substituents is 1. The molecule has 0 unspecified atom stereocenters. The third-order valence-electron chi connectivity index (χ3n) is 5.97. The van der Waals surface area contributed by atoms with E-state index >= 15 is 0 Å². The van der Waals surface area contributed by atoms with Gasteiger partial charge in [-0.1, -0.05) is 30.3 Å². The molecule has 1 heterocycles. The van der Waals surface area contributed by atoms with Crippen LogP contribution in [0.2, 0.25) is 0 Å². The zero-order valence-corrected chi connectivity index (χ0v) is 19.7. The van der Waals surface area contributed by atoms with E-state index in [0.717, 1.165) is 10.3 Å². The van der Waals surface area contributed by atoms with Crippen molar-refractivity contribution in [2.75, 3.05) is 4.90 Å². The van der Waals surface area contributed by atoms with E-state index in [1.54, 1.807) is 24.3 Å². The average molecular weight is 509 g/mol. The second kappa shape index (κ2) is 9.86. The minimum atomic E-state index is -0.907. The van der Waals surface area contributed by atoms with E-state index < -0.39 is 22.8 Å². The number of anilines is 1. The lowest BCUT2D eigenvalue weighted by Gasteiger charge is -2.26. The molecule has 38 heavy (non-hydrogen) atoms. The first kappa shape index (κ1) is 24.2. The van der Waals surface area contributed by atoms with Crippen LogP contribution >= 0.6 is 0 Å². The molecule has 188 valence electrons. The Morgan fingerprint density at radius 3 is 2.34 bits per heavy atom. The SMILES string of the molecule is O=C1NC(=O)N(c2ccc(O)cc2)C(=O)/C1=C/c1c(OCc2ccc([N+](=O)[O-])cc2)ccc2ccccc12. The molecule has 2 N–H and O–H groups in total. The summed E-state index contributed by atoms with van der Waals surface area (Å²) in [4.78, 5) is 49.9. The summed E-state index contributed by atoms with van der Waals surface area (Å²) in [5, 5.41) is 24.2. The molecule has 1 aliphatic rings. The van der Waals surface area contributed by atoms with Gasteiger partial charge < -0.3 is 9.84 Å². The van der Waals surface area contributed by atoms with Crippen molar-refractivity contribution in [2.24, 2.45) is 0 Å². The second-order valence-corrected chi connectivity index (χ2v) is 8.38. The summed E-state index contributed by atoms with van der Waals surface area (Å²) in [6.45, 7) is 0.0742. The molecule has 1 fully saturated rings. The quantitative estimate of drug-likeness (QED) is 0.166. The third-order valence-corrected chi connectivity index (χ3v) is 5.97. The number of hydrogen-bond acceptors (Lipinski definition) is 7. The van der Waals surface area contributed by atoms with E-state index in [4.69, 9.17) is 4.74 Å². The van der Waals surface area contributed by atoms with Gasteiger partial charge in [-0.15, -0.1) is 0 Å². The van der Waals surface area contributed by atoms with E-state index in [1.165, 1.54) is 42.5 Å². The minimum Gasteiger partial charge on any atom is -0.508 e. The fourth-order valence-electron chi connectivity index (χ4n) is 4.06. The lowest BCUT2D eigenvalue weighted by atomic mass is 9.99. The summed E-state index contributed by atoms with van der Waals surface area (Å²) < 4.78 is 6.02. The van der Waals surface area contributed by atoms with Crippen LogP contribution in [-0.2, 0) is 16.2 Å². The number of urea groups is 1. The van der Waals surface area contributed by atoms with Gasteiger partial charge in [0, 0.05) is 17.7 Å². The Kier molecular flexibility index (Phi) is 6.28. The fraction of sp³-hybridized carbons (Fsp3) is 0.0357. The molecule has 1 aliphatic heterocycles. The molecule has 0 atom stereocenters. The van der Waals surface area contributed by atoms with Crippen molar-refractivity contribution in [1.82, 2.24) is 5.32 Å². The maximum absolute atomic E-state index is 13.4. The van der Waals surface area contributed by atoms with Crippen molar-refractivity contribution in [1.29, 1.82) is 0 Å². The number of nitrogens with zero attached hydrogens (tertiary/aromatic N) is 2. The molecule has 5 rings (SSSR count). The minimum absolute atomic E-state index is 0.0422. The Labute approximate surface area is 215 Å². The molecule has 4 amide bonds. The van der Waals surface area contributed by atoms with Gasteiger partial charge in [-0.3, -0.25) is 25.0 Å². The van der Waals surface area contributed by atoms with Crippen molar-refractivity contribution >= 4 is 46.1 Å². The van der Waals surface area contributed by atoms with Gasteiger partial charge >= 0.3 is 6.03 Å². The van der Waals surface area contributed by atoms with Gasteiger partial charge in [-0.05, 0) is 64.9 Å². The van der Waals surface area contributed by atoms with E-state index in [0.29, 0.717) is 22.3 Å². The number of rotatable bonds is 6. The van der Waals surface area contributed by atoms with Crippen LogP contribution in [0.15, 0.2) is 90.5 Å². The molecule has 0 saturated carbocycles. The standard InChI is InChI=1S/C28H19N3O7/c32-21-12-10-19(11-13-21)30-27(34)24(26(33)29-28(30)35)15-23-22-4-2-1-3-18(22)7-14-25(23)38-16-17-5-8-20(9-6-17)31(36)37/h1-15,32H,16H2,(H,29,33,35)/b24-15+. The molecule has 0 spiro atoms. The number of carbonyl (C=O) groups excluding carboxylic acids is 3. The summed E-state index contributed by atoms with van der Waals surface area (Å²) in [5.41, 5.74) is 0.978. The topological polar surface area (TPSA) is 139 Å². The van der Waals surface area contributed by atoms with Crippen LogP contribution in [0.5, 0.6) is 11.5 Å². The Hall–Kier alpha value is -5.51. The van der Waals surface area contributed by atoms with E-state index in [1.807, 2.05) is 24.3 Å². The second-order valence-electron chi connectivity index (χ2n) is 8.38. The molecular formula is C28H19N3O7. The van der Waals surface area contributed by atoms with Crippen LogP contribution in [0.25, 0.3) is 16.8 Å². The van der Waals surface area contributed by atoms with Crippen LogP contribution in [-0.4, -0.2) is 27.9 Å². The first-order valence-electron chi connectivity index (χ1n) is 11.4. The number of nitro benzene ring substituents is 1. The summed E-state index contributed by atoms with van der Waals surface area (Å²) in [7, 11) is 0. The van der Waals surface area contributed by atoms with Crippen molar-refractivity contribution < 1.29 is 29.2 Å². The van der Waals surface area contributed by atoms with Crippen molar-refractivity contribution in [3.63, 3.8) is 0 Å². The molecule has 0 aromatic heterocycles. The van der Waals surface area contributed by atoms with E-state index in [9.17, 15) is 29.6 Å². The molecule has 4 aromatic carbocycles. The zero-order valence-electron chi connectivity index (χ0n) is 19.7. The Bertz CT molecular complexity index is 1630. The van der Waals surface area contributed by atoms with Crippen LogP contribution in [0.4, 0.5) is 16.2 Å². The smallest absolute Gasteiger partial charge is 0.335 e. The van der Waals surface area contributed by atoms with Crippen LogP contribution < -0.4 is 15.0 Å². The van der Waals surface area contributed by atoms with Crippen LogP contribution in [0, 0.1) is 10.1 Å². The summed E-state index contributed by atoms with van der Waals surface area (Å²) in [6.07, 6.45) is 1.38. The van der Waals surface area contributed by atoms with Crippen LogP contribution in [0.1, 0.15) is 11.1 Å². The van der Waals surface area contributed by atoms with Crippen molar-refractivity contribution in [3.05, 3.63) is 112 Å². The lowest BCUT2D eigenvalue weighted by Crippen LogP contribution is -2.54. The van der Waals surface area contributed by atoms with Gasteiger partial charge in [0.1, 0.15) is 23.7 Å². The Balaban J connectivity index is 1.54. The number of barbiturate groups is 1. The Morgan fingerprint density at radius 2 is 1.63 bits per heavy atom. The zero-order chi connectivity index (χ0) is 26.8. The highest BCUT2D eigenvalue weighted by Crippen LogP contribution is 2.32. The molecule has 1 saturated heterocycles. The number of nitrogens with one attached hydrogen (secondary N) is 1. The number of phenols is 1. The largest absolute Gasteiger partial charge is 0.508 e. The van der Waals surface area contributed by atoms with Crippen molar-refractivity contribution in [2.45, 2.75) is 6.61 Å². The predicted octanol–water partition coefficient (Wildman–Crippen LogP) is 4.70. The average Bonchev–Trinajstić information content (AvgIpc) is 2.91. The maximum Gasteiger partial charge on any atom is 0.335 e. The molecule has 10 nitrogen and oxygen atoms in total. The van der Waals surface area contributed by atoms with Crippen molar-refractivity contribution in [3.8, 4) is 11.5 Å². The van der Waals surface area contributed by atoms with E-state index in [2.05, 4.69) is 5.32 Å². The number of fused-ring (bicyclic) bond motifs is 1. The molecule has 0 radical (unpaired) electrons. The number of hydrogen-bond donors (Lipinski definition) is 2. The van der Waals surface area contributed by atoms with Gasteiger partial charge in [0.2, 0.25) is 0 Å². The van der Waals surface area contributed by atoms with Gasteiger partial charge in [-0.2, -0.15) is 0 Å². The van der Waals surface area contributed by atoms with Gasteiger partial charge in [0.25, 0.3) is 17.5 Å². The predicted molar refractivity (Wildman–Crippen MR) is 138 cm³/mol. The van der Waals surface area contributed by atoms with Gasteiger partial charge in [0.15, 0.2) is 0 Å². The Morgan fingerprint density at radius 1 is 0.921 bits per heavy atom. The number of carbonyl (C=O) groups is 3. The van der Waals surface area contributed by atoms with Crippen LogP contribution in [0.3, 0.4) is 0 Å². The first-order chi connectivity index (χ1) is 18.3. The number of aromatic hydroxyl groups is 1. The normalized spacial score (nSPS) is 14.6. The lowest BCUT2D eigenvalue weighted by molar-refractivity contribution is -0.384. The molecule has 0 bridgehead atoms. The number of nitro groups is 1. The number of ether oxygens (including phenoxy) is 1. The summed E-state index contributed by atoms with van der Waals surface area (Å²) in [5.74, 6) is -1.37. The highest BCUT2D eigenvalue weighted by atomic mass is 16.6. The summed E-state index contributed by atoms with van der Waals surface area (Å²) >= 11 is 0. The van der Waals surface area contributed by atoms with Gasteiger partial charge in [0.05, 0.1) is 10.6 Å². The summed E-state index contributed by atoms with van der Waals surface area (Å²) in [6, 6.07) is 21.3. The third kappa shape index (κ3) is 4.65.